The minimum Gasteiger partial charge on any atom is -0.481 e. The first-order valence-electron chi connectivity index (χ1n) is 13.1. The predicted octanol–water partition coefficient (Wildman–Crippen LogP) is -0.594. The molecule has 0 saturated heterocycles. The van der Waals surface area contributed by atoms with E-state index in [0.29, 0.717) is 19.4 Å². The Balaban J connectivity index is 0.00000336. The molecule has 39 heavy (non-hydrogen) atoms. The zero-order chi connectivity index (χ0) is 30.7. The molecular formula is C26H47N5O8. The average Bonchev–Trinajstić information content (AvgIpc) is 3.15. The van der Waals surface area contributed by atoms with Gasteiger partial charge in [-0.25, -0.2) is 0 Å². The van der Waals surface area contributed by atoms with E-state index in [2.05, 4.69) is 5.32 Å². The molecule has 1 aliphatic rings. The number of unbranched alkanes of at least 4 members (excludes halogenated alkanes) is 1. The van der Waals surface area contributed by atoms with Gasteiger partial charge in [0.05, 0.1) is 25.2 Å². The van der Waals surface area contributed by atoms with E-state index < -0.39 is 70.2 Å². The second-order valence-electron chi connectivity index (χ2n) is 10.6. The van der Waals surface area contributed by atoms with Gasteiger partial charge in [0, 0.05) is 19.8 Å². The van der Waals surface area contributed by atoms with Gasteiger partial charge in [0.15, 0.2) is 17.3 Å². The van der Waals surface area contributed by atoms with Crippen molar-refractivity contribution in [3.8, 4) is 0 Å². The van der Waals surface area contributed by atoms with E-state index in [0.717, 1.165) is 14.0 Å². The maximum atomic E-state index is 14.1. The number of nitrogens with two attached hydrogens (primary N) is 4. The summed E-state index contributed by atoms with van der Waals surface area (Å²) in [4.78, 5) is 75.7. The number of ether oxygens (including phenoxy) is 1. The lowest BCUT2D eigenvalue weighted by Gasteiger charge is -2.44. The first kappa shape index (κ1) is 36.3. The van der Waals surface area contributed by atoms with Crippen molar-refractivity contribution in [2.45, 2.75) is 96.8 Å². The molecule has 0 aromatic carbocycles. The Morgan fingerprint density at radius 3 is 1.97 bits per heavy atom. The Kier molecular flexibility index (Phi) is 14.6. The third kappa shape index (κ3) is 8.62. The second kappa shape index (κ2) is 15.8. The van der Waals surface area contributed by atoms with Crippen molar-refractivity contribution in [2.24, 2.45) is 40.2 Å². The number of hydrogen-bond donors (Lipinski definition) is 6. The van der Waals surface area contributed by atoms with Crippen LogP contribution in [-0.2, 0) is 33.5 Å². The van der Waals surface area contributed by atoms with Crippen LogP contribution in [0.1, 0.15) is 73.1 Å². The number of rotatable bonds is 14. The molecule has 1 aliphatic carbocycles. The Morgan fingerprint density at radius 1 is 1.03 bits per heavy atom. The Hall–Kier alpha value is -2.74. The number of carbonyl (C=O) groups is 6. The molecule has 0 aromatic rings. The molecule has 1 fully saturated rings. The van der Waals surface area contributed by atoms with Gasteiger partial charge in [0.2, 0.25) is 5.91 Å². The zero-order valence-electron chi connectivity index (χ0n) is 24.0. The molecule has 224 valence electrons. The molecule has 6 atom stereocenters. The first-order valence-corrected chi connectivity index (χ1v) is 13.1. The molecule has 6 unspecified atom stereocenters. The quantitative estimate of drug-likeness (QED) is 0.0890. The van der Waals surface area contributed by atoms with Crippen LogP contribution < -0.4 is 28.3 Å². The lowest BCUT2D eigenvalue weighted by Crippen LogP contribution is -2.72. The summed E-state index contributed by atoms with van der Waals surface area (Å²) in [7, 11) is 1.09. The van der Waals surface area contributed by atoms with Crippen LogP contribution in [0.3, 0.4) is 0 Å². The highest BCUT2D eigenvalue weighted by atomic mass is 16.5. The number of carboxylic acid groups (broad SMARTS) is 1. The predicted molar refractivity (Wildman–Crippen MR) is 144 cm³/mol. The third-order valence-corrected chi connectivity index (χ3v) is 6.87. The van der Waals surface area contributed by atoms with Crippen molar-refractivity contribution in [3.63, 3.8) is 0 Å². The van der Waals surface area contributed by atoms with Crippen LogP contribution in [0.15, 0.2) is 0 Å². The van der Waals surface area contributed by atoms with Crippen molar-refractivity contribution in [3.05, 3.63) is 0 Å². The highest BCUT2D eigenvalue weighted by Gasteiger charge is 2.73. The van der Waals surface area contributed by atoms with Crippen molar-refractivity contribution in [1.82, 2.24) is 5.32 Å². The molecule has 13 nitrogen and oxygen atoms in total. The normalized spacial score (nSPS) is 24.5. The third-order valence-electron chi connectivity index (χ3n) is 6.87. The van der Waals surface area contributed by atoms with E-state index in [1.165, 1.54) is 13.8 Å². The van der Waals surface area contributed by atoms with Gasteiger partial charge in [0.1, 0.15) is 11.0 Å². The van der Waals surface area contributed by atoms with E-state index >= 15 is 0 Å². The summed E-state index contributed by atoms with van der Waals surface area (Å²) in [6.45, 7) is 7.86. The van der Waals surface area contributed by atoms with Crippen molar-refractivity contribution in [2.75, 3.05) is 13.7 Å². The topological polar surface area (TPSA) is 248 Å². The van der Waals surface area contributed by atoms with Crippen molar-refractivity contribution >= 4 is 35.2 Å². The van der Waals surface area contributed by atoms with Crippen LogP contribution >= 0.6 is 0 Å². The van der Waals surface area contributed by atoms with E-state index in [4.69, 9.17) is 37.6 Å². The molecule has 13 heteroatoms. The van der Waals surface area contributed by atoms with Gasteiger partial charge in [-0.3, -0.25) is 28.8 Å². The van der Waals surface area contributed by atoms with Crippen LogP contribution in [0.4, 0.5) is 0 Å². The van der Waals surface area contributed by atoms with Crippen LogP contribution in [0, 0.1) is 17.3 Å². The molecule has 10 N–H and O–H groups in total. The average molecular weight is 558 g/mol. The lowest BCUT2D eigenvalue weighted by molar-refractivity contribution is -0.165. The van der Waals surface area contributed by atoms with Crippen molar-refractivity contribution in [1.29, 1.82) is 0 Å². The number of nitrogens with one attached hydrogen (secondary N) is 1. The standard InChI is InChI=1S/C24H43N5O6.C2H4O2/c1-13(2)12-18(29-15(4)30)19(31)16-9-10-23(28,22(34)35-5)24(16,20(32)14(3)26)21(33)17(27)8-6-7-11-25;1-2(3)4/h13-14,16-18H,6-12,25-28H2,1-5H3,(H,29,30);1H3,(H,3,4). The summed E-state index contributed by atoms with van der Waals surface area (Å²) < 4.78 is 4.92. The number of Topliss-reactive ketones (excluding diaryl/α,β-unsaturated/α-hetero) is 3. The van der Waals surface area contributed by atoms with Crippen LogP contribution in [0.2, 0.25) is 0 Å². The molecule has 0 bridgehead atoms. The summed E-state index contributed by atoms with van der Waals surface area (Å²) in [5.41, 5.74) is 19.9. The molecule has 1 rings (SSSR count). The molecule has 0 heterocycles. The summed E-state index contributed by atoms with van der Waals surface area (Å²) >= 11 is 0. The summed E-state index contributed by atoms with van der Waals surface area (Å²) in [6.07, 6.45) is 1.35. The number of methoxy groups -OCH3 is 1. The molecule has 0 radical (unpaired) electrons. The molecule has 0 spiro atoms. The highest BCUT2D eigenvalue weighted by molar-refractivity contribution is 6.19. The molecule has 1 amide bonds. The number of aliphatic carboxylic acids is 1. The summed E-state index contributed by atoms with van der Waals surface area (Å²) in [5, 5.41) is 10.0. The van der Waals surface area contributed by atoms with Crippen LogP contribution in [0.5, 0.6) is 0 Å². The minimum atomic E-state index is -2.33. The number of hydrogen-bond acceptors (Lipinski definition) is 11. The number of esters is 1. The maximum absolute atomic E-state index is 14.1. The Bertz CT molecular complexity index is 905. The Labute approximate surface area is 230 Å². The van der Waals surface area contributed by atoms with Gasteiger partial charge >= 0.3 is 5.97 Å². The maximum Gasteiger partial charge on any atom is 0.327 e. The fourth-order valence-electron chi connectivity index (χ4n) is 5.30. The Morgan fingerprint density at radius 2 is 1.56 bits per heavy atom. The molecular weight excluding hydrogens is 510 g/mol. The monoisotopic (exact) mass is 557 g/mol. The second-order valence-corrected chi connectivity index (χ2v) is 10.6. The van der Waals surface area contributed by atoms with Gasteiger partial charge in [-0.1, -0.05) is 20.3 Å². The number of carboxylic acids is 1. The minimum absolute atomic E-state index is 0.00759. The number of carbonyl (C=O) groups excluding carboxylic acids is 5. The van der Waals surface area contributed by atoms with Crippen LogP contribution in [-0.4, -0.2) is 77.6 Å². The van der Waals surface area contributed by atoms with Gasteiger partial charge < -0.3 is 38.1 Å². The van der Waals surface area contributed by atoms with Crippen molar-refractivity contribution < 1.29 is 38.6 Å². The fourth-order valence-corrected chi connectivity index (χ4v) is 5.30. The van der Waals surface area contributed by atoms with E-state index in [1.54, 1.807) is 0 Å². The molecule has 0 aromatic heterocycles. The van der Waals surface area contributed by atoms with E-state index in [-0.39, 0.29) is 31.6 Å². The summed E-state index contributed by atoms with van der Waals surface area (Å²) in [5.74, 6) is -5.78. The number of amides is 1. The van der Waals surface area contributed by atoms with E-state index in [1.807, 2.05) is 13.8 Å². The van der Waals surface area contributed by atoms with Gasteiger partial charge in [-0.2, -0.15) is 0 Å². The number of ketones is 3. The summed E-state index contributed by atoms with van der Waals surface area (Å²) in [6, 6.07) is -3.39. The smallest absolute Gasteiger partial charge is 0.327 e. The lowest BCUT2D eigenvalue weighted by atomic mass is 9.57. The van der Waals surface area contributed by atoms with E-state index in [9.17, 15) is 24.0 Å². The molecule has 0 aliphatic heterocycles. The largest absolute Gasteiger partial charge is 0.481 e. The van der Waals surface area contributed by atoms with Gasteiger partial charge in [0.25, 0.3) is 5.97 Å². The molecule has 1 saturated carbocycles. The zero-order valence-corrected chi connectivity index (χ0v) is 24.0. The highest BCUT2D eigenvalue weighted by Crippen LogP contribution is 2.53. The SMILES string of the molecule is CC(=O)O.COC(=O)C1(N)CCC(C(=O)C(CC(C)C)NC(C)=O)C1(C(=O)C(C)N)C(=O)C(N)CCCCN. The van der Waals surface area contributed by atoms with Gasteiger partial charge in [-0.15, -0.1) is 0 Å². The first-order chi connectivity index (χ1) is 17.9. The van der Waals surface area contributed by atoms with Gasteiger partial charge in [-0.05, 0) is 51.5 Å². The van der Waals surface area contributed by atoms with Crippen LogP contribution in [0.25, 0.3) is 0 Å². The fraction of sp³-hybridized carbons (Fsp3) is 0.769.